The number of aromatic nitrogens is 1. The van der Waals surface area contributed by atoms with Crippen molar-refractivity contribution in [3.63, 3.8) is 0 Å². The molecule has 2 aromatic rings. The Labute approximate surface area is 161 Å². The lowest BCUT2D eigenvalue weighted by molar-refractivity contribution is 0.167. The summed E-state index contributed by atoms with van der Waals surface area (Å²) in [5, 5.41) is 0. The molecule has 0 unspecified atom stereocenters. The van der Waals surface area contributed by atoms with E-state index in [0.29, 0.717) is 18.2 Å². The van der Waals surface area contributed by atoms with Crippen LogP contribution in [0.5, 0.6) is 5.75 Å². The maximum Gasteiger partial charge on any atom is 0.240 e. The van der Waals surface area contributed by atoms with Gasteiger partial charge in [-0.1, -0.05) is 6.07 Å². The van der Waals surface area contributed by atoms with Crippen molar-refractivity contribution in [1.82, 2.24) is 14.6 Å². The van der Waals surface area contributed by atoms with Gasteiger partial charge in [0.25, 0.3) is 0 Å². The molecule has 0 saturated carbocycles. The SMILES string of the molecule is COc1ccc(S(=O)(=O)NC[C@H]2CCCN(Cc3cccc(C)n3)C2)cc1. The van der Waals surface area contributed by atoms with Crippen LogP contribution < -0.4 is 9.46 Å². The number of hydrogen-bond acceptors (Lipinski definition) is 5. The van der Waals surface area contributed by atoms with E-state index in [2.05, 4.69) is 14.6 Å². The van der Waals surface area contributed by atoms with Crippen LogP contribution in [0.4, 0.5) is 0 Å². The molecular formula is C20H27N3O3S. The molecule has 3 rings (SSSR count). The van der Waals surface area contributed by atoms with Crippen LogP contribution in [0.1, 0.15) is 24.2 Å². The van der Waals surface area contributed by atoms with E-state index < -0.39 is 10.0 Å². The van der Waals surface area contributed by atoms with E-state index in [1.807, 2.05) is 25.1 Å². The minimum atomic E-state index is -3.50. The predicted octanol–water partition coefficient (Wildman–Crippen LogP) is 2.59. The molecule has 1 saturated heterocycles. The average Bonchev–Trinajstić information content (AvgIpc) is 2.67. The summed E-state index contributed by atoms with van der Waals surface area (Å²) < 4.78 is 32.9. The van der Waals surface area contributed by atoms with Gasteiger partial charge in [-0.25, -0.2) is 13.1 Å². The zero-order chi connectivity index (χ0) is 19.3. The highest BCUT2D eigenvalue weighted by Crippen LogP contribution is 2.19. The van der Waals surface area contributed by atoms with Crippen LogP contribution in [0.3, 0.4) is 0 Å². The van der Waals surface area contributed by atoms with Crippen molar-refractivity contribution in [2.75, 3.05) is 26.7 Å². The Kier molecular flexibility index (Phi) is 6.46. The van der Waals surface area contributed by atoms with Crippen LogP contribution in [0.2, 0.25) is 0 Å². The van der Waals surface area contributed by atoms with Gasteiger partial charge < -0.3 is 4.74 Å². The summed E-state index contributed by atoms with van der Waals surface area (Å²) in [6.45, 7) is 5.16. The van der Waals surface area contributed by atoms with Crippen LogP contribution in [-0.4, -0.2) is 45.0 Å². The third kappa shape index (κ3) is 5.51. The van der Waals surface area contributed by atoms with Gasteiger partial charge in [0.1, 0.15) is 5.75 Å². The minimum Gasteiger partial charge on any atom is -0.497 e. The summed E-state index contributed by atoms with van der Waals surface area (Å²) in [5.41, 5.74) is 2.09. The third-order valence-electron chi connectivity index (χ3n) is 4.87. The Balaban J connectivity index is 1.55. The molecule has 1 fully saturated rings. The van der Waals surface area contributed by atoms with Crippen LogP contribution in [0.15, 0.2) is 47.4 Å². The van der Waals surface area contributed by atoms with Crippen molar-refractivity contribution < 1.29 is 13.2 Å². The molecule has 1 aromatic heterocycles. The highest BCUT2D eigenvalue weighted by atomic mass is 32.2. The first-order chi connectivity index (χ1) is 13.0. The van der Waals surface area contributed by atoms with Crippen molar-refractivity contribution in [2.24, 2.45) is 5.92 Å². The first-order valence-corrected chi connectivity index (χ1v) is 10.7. The van der Waals surface area contributed by atoms with Crippen molar-refractivity contribution in [3.05, 3.63) is 53.9 Å². The van der Waals surface area contributed by atoms with E-state index in [1.54, 1.807) is 31.4 Å². The van der Waals surface area contributed by atoms with Gasteiger partial charge in [-0.15, -0.1) is 0 Å². The third-order valence-corrected chi connectivity index (χ3v) is 6.31. The standard InChI is InChI=1S/C20H27N3O3S/c1-16-5-3-7-18(22-16)15-23-12-4-6-17(14-23)13-21-27(24,25)20-10-8-19(26-2)9-11-20/h3,5,7-11,17,21H,4,6,12-15H2,1-2H3/t17-/m1/s1. The van der Waals surface area contributed by atoms with Crippen molar-refractivity contribution in [2.45, 2.75) is 31.2 Å². The lowest BCUT2D eigenvalue weighted by Gasteiger charge is -2.32. The van der Waals surface area contributed by atoms with Gasteiger partial charge in [-0.05, 0) is 68.6 Å². The molecule has 2 heterocycles. The molecule has 7 heteroatoms. The molecule has 0 amide bonds. The molecule has 0 radical (unpaired) electrons. The fraction of sp³-hybridized carbons (Fsp3) is 0.450. The second kappa shape index (κ2) is 8.82. The number of sulfonamides is 1. The summed E-state index contributed by atoms with van der Waals surface area (Å²) in [5.74, 6) is 0.943. The smallest absolute Gasteiger partial charge is 0.240 e. The normalized spacial score (nSPS) is 18.4. The zero-order valence-corrected chi connectivity index (χ0v) is 16.7. The van der Waals surface area contributed by atoms with Gasteiger partial charge >= 0.3 is 0 Å². The second-order valence-corrected chi connectivity index (χ2v) is 8.81. The van der Waals surface area contributed by atoms with Crippen LogP contribution >= 0.6 is 0 Å². The van der Waals surface area contributed by atoms with Crippen LogP contribution in [0, 0.1) is 12.8 Å². The Morgan fingerprint density at radius 1 is 1.22 bits per heavy atom. The molecule has 27 heavy (non-hydrogen) atoms. The highest BCUT2D eigenvalue weighted by molar-refractivity contribution is 7.89. The number of likely N-dealkylation sites (tertiary alicyclic amines) is 1. The largest absolute Gasteiger partial charge is 0.497 e. The predicted molar refractivity (Wildman–Crippen MR) is 105 cm³/mol. The molecule has 1 aromatic carbocycles. The Hall–Kier alpha value is -1.96. The van der Waals surface area contributed by atoms with Gasteiger partial charge in [-0.2, -0.15) is 0 Å². The number of nitrogens with zero attached hydrogens (tertiary/aromatic N) is 2. The first-order valence-electron chi connectivity index (χ1n) is 9.25. The summed E-state index contributed by atoms with van der Waals surface area (Å²) in [6, 6.07) is 12.5. The maximum atomic E-state index is 12.5. The highest BCUT2D eigenvalue weighted by Gasteiger charge is 2.23. The van der Waals surface area contributed by atoms with Crippen molar-refractivity contribution in [1.29, 1.82) is 0 Å². The molecule has 0 aliphatic carbocycles. The fourth-order valence-corrected chi connectivity index (χ4v) is 4.56. The maximum absolute atomic E-state index is 12.5. The topological polar surface area (TPSA) is 71.5 Å². The molecule has 1 atom stereocenters. The van der Waals surface area contributed by atoms with Crippen LogP contribution in [0.25, 0.3) is 0 Å². The summed E-state index contributed by atoms with van der Waals surface area (Å²) in [7, 11) is -1.94. The monoisotopic (exact) mass is 389 g/mol. The molecule has 1 N–H and O–H groups in total. The number of benzene rings is 1. The number of aryl methyl sites for hydroxylation is 1. The summed E-state index contributed by atoms with van der Waals surface area (Å²) in [4.78, 5) is 7.19. The van der Waals surface area contributed by atoms with Crippen molar-refractivity contribution in [3.8, 4) is 5.75 Å². The molecule has 0 bridgehead atoms. The first kappa shape index (κ1) is 19.8. The molecular weight excluding hydrogens is 362 g/mol. The number of methoxy groups -OCH3 is 1. The lowest BCUT2D eigenvalue weighted by Crippen LogP contribution is -2.40. The number of hydrogen-bond donors (Lipinski definition) is 1. The van der Waals surface area contributed by atoms with E-state index in [-0.39, 0.29) is 4.90 Å². The number of pyridine rings is 1. The van der Waals surface area contributed by atoms with Crippen molar-refractivity contribution >= 4 is 10.0 Å². The Morgan fingerprint density at radius 2 is 2.00 bits per heavy atom. The van der Waals surface area contributed by atoms with Gasteiger partial charge in [0.2, 0.25) is 10.0 Å². The molecule has 6 nitrogen and oxygen atoms in total. The van der Waals surface area contributed by atoms with E-state index in [1.165, 1.54) is 0 Å². The fourth-order valence-electron chi connectivity index (χ4n) is 3.44. The van der Waals surface area contributed by atoms with Gasteiger partial charge in [0.05, 0.1) is 17.7 Å². The number of nitrogens with one attached hydrogen (secondary N) is 1. The Morgan fingerprint density at radius 3 is 2.70 bits per heavy atom. The van der Waals surface area contributed by atoms with Gasteiger partial charge in [-0.3, -0.25) is 9.88 Å². The average molecular weight is 390 g/mol. The summed E-state index contributed by atoms with van der Waals surface area (Å²) in [6.07, 6.45) is 2.10. The molecule has 1 aliphatic heterocycles. The second-order valence-electron chi connectivity index (χ2n) is 7.04. The Bertz CT molecular complexity index is 853. The molecule has 1 aliphatic rings. The number of piperidine rings is 1. The molecule has 146 valence electrons. The van der Waals surface area contributed by atoms with Gasteiger partial charge in [0, 0.05) is 25.3 Å². The van der Waals surface area contributed by atoms with E-state index in [4.69, 9.17) is 4.74 Å². The lowest BCUT2D eigenvalue weighted by atomic mass is 9.98. The number of ether oxygens (including phenoxy) is 1. The van der Waals surface area contributed by atoms with E-state index in [0.717, 1.165) is 43.9 Å². The quantitative estimate of drug-likeness (QED) is 0.788. The zero-order valence-electron chi connectivity index (χ0n) is 15.9. The minimum absolute atomic E-state index is 0.264. The summed E-state index contributed by atoms with van der Waals surface area (Å²) >= 11 is 0. The van der Waals surface area contributed by atoms with E-state index >= 15 is 0 Å². The van der Waals surface area contributed by atoms with Gasteiger partial charge in [0.15, 0.2) is 0 Å². The molecule has 0 spiro atoms. The van der Waals surface area contributed by atoms with Crippen LogP contribution in [-0.2, 0) is 16.6 Å². The van der Waals surface area contributed by atoms with E-state index in [9.17, 15) is 8.42 Å². The number of rotatable bonds is 7.